The Kier molecular flexibility index (Phi) is 3.92. The van der Waals surface area contributed by atoms with E-state index in [0.717, 1.165) is 12.1 Å². The molecule has 1 heterocycles. The van der Waals surface area contributed by atoms with Crippen LogP contribution in [0.1, 0.15) is 5.56 Å². The second kappa shape index (κ2) is 5.87. The number of nitrogens with zero attached hydrogens (tertiary/aromatic N) is 1. The summed E-state index contributed by atoms with van der Waals surface area (Å²) in [4.78, 5) is 0. The predicted molar refractivity (Wildman–Crippen MR) is 78.2 cm³/mol. The van der Waals surface area contributed by atoms with Gasteiger partial charge in [-0.15, -0.1) is 0 Å². The molecule has 0 amide bonds. The molecule has 22 heavy (non-hydrogen) atoms. The van der Waals surface area contributed by atoms with Crippen LogP contribution in [-0.4, -0.2) is 10.3 Å². The number of hydrogen-bond donors (Lipinski definition) is 1. The number of aliphatic hydroxyl groups is 1. The molecule has 0 saturated carbocycles. The standard InChI is InChI=1S/C16H10ClF2NO2/c17-10-3-1-2-9(6-10)15-13(8-21)16(22-20-15)12-5-4-11(18)7-14(12)19/h1-7,21H,8H2. The van der Waals surface area contributed by atoms with Crippen LogP contribution in [0, 0.1) is 11.6 Å². The molecule has 3 nitrogen and oxygen atoms in total. The summed E-state index contributed by atoms with van der Waals surface area (Å²) in [5, 5.41) is 14.0. The number of halogens is 3. The zero-order valence-corrected chi connectivity index (χ0v) is 11.9. The molecule has 0 spiro atoms. The topological polar surface area (TPSA) is 46.3 Å². The van der Waals surface area contributed by atoms with Gasteiger partial charge in [0.1, 0.15) is 17.3 Å². The van der Waals surface area contributed by atoms with Crippen LogP contribution in [0.25, 0.3) is 22.6 Å². The lowest BCUT2D eigenvalue weighted by atomic mass is 10.0. The van der Waals surface area contributed by atoms with E-state index in [2.05, 4.69) is 5.16 Å². The lowest BCUT2D eigenvalue weighted by Crippen LogP contribution is -1.91. The molecule has 1 N–H and O–H groups in total. The largest absolute Gasteiger partial charge is 0.391 e. The highest BCUT2D eigenvalue weighted by molar-refractivity contribution is 6.30. The summed E-state index contributed by atoms with van der Waals surface area (Å²) in [6, 6.07) is 9.93. The molecule has 3 rings (SSSR count). The zero-order chi connectivity index (χ0) is 15.7. The van der Waals surface area contributed by atoms with E-state index in [1.54, 1.807) is 24.3 Å². The molecule has 0 saturated heterocycles. The summed E-state index contributed by atoms with van der Waals surface area (Å²) in [7, 11) is 0. The van der Waals surface area contributed by atoms with Crippen LogP contribution in [0.3, 0.4) is 0 Å². The van der Waals surface area contributed by atoms with Gasteiger partial charge in [-0.2, -0.15) is 0 Å². The van der Waals surface area contributed by atoms with Crippen molar-refractivity contribution in [3.8, 4) is 22.6 Å². The van der Waals surface area contributed by atoms with Crippen LogP contribution >= 0.6 is 11.6 Å². The third kappa shape index (κ3) is 2.61. The van der Waals surface area contributed by atoms with Crippen molar-refractivity contribution in [2.75, 3.05) is 0 Å². The van der Waals surface area contributed by atoms with E-state index < -0.39 is 18.2 Å². The van der Waals surface area contributed by atoms with Gasteiger partial charge < -0.3 is 9.63 Å². The third-order valence-corrected chi connectivity index (χ3v) is 3.46. The van der Waals surface area contributed by atoms with Crippen molar-refractivity contribution in [3.63, 3.8) is 0 Å². The Bertz CT molecular complexity index is 833. The minimum atomic E-state index is -0.788. The maximum atomic E-state index is 13.9. The Hall–Kier alpha value is -2.24. The highest BCUT2D eigenvalue weighted by atomic mass is 35.5. The molecule has 0 bridgehead atoms. The maximum absolute atomic E-state index is 13.9. The minimum absolute atomic E-state index is 0.0335. The monoisotopic (exact) mass is 321 g/mol. The van der Waals surface area contributed by atoms with Crippen molar-refractivity contribution < 1.29 is 18.4 Å². The number of benzene rings is 2. The minimum Gasteiger partial charge on any atom is -0.391 e. The summed E-state index contributed by atoms with van der Waals surface area (Å²) in [6.07, 6.45) is 0. The van der Waals surface area contributed by atoms with Crippen molar-refractivity contribution in [1.29, 1.82) is 0 Å². The second-order valence-corrected chi connectivity index (χ2v) is 5.07. The van der Waals surface area contributed by atoms with Gasteiger partial charge in [-0.1, -0.05) is 28.9 Å². The normalized spacial score (nSPS) is 10.9. The molecule has 0 aliphatic heterocycles. The molecular formula is C16H10ClF2NO2. The van der Waals surface area contributed by atoms with Gasteiger partial charge in [-0.25, -0.2) is 8.78 Å². The van der Waals surface area contributed by atoms with Crippen LogP contribution in [0.4, 0.5) is 8.78 Å². The molecule has 0 radical (unpaired) electrons. The summed E-state index contributed by atoms with van der Waals surface area (Å²) in [5.74, 6) is -1.42. The second-order valence-electron chi connectivity index (χ2n) is 4.63. The molecule has 112 valence electrons. The van der Waals surface area contributed by atoms with E-state index in [1.807, 2.05) is 0 Å². The molecule has 0 aliphatic carbocycles. The first-order valence-electron chi connectivity index (χ1n) is 6.41. The fourth-order valence-electron chi connectivity index (χ4n) is 2.20. The van der Waals surface area contributed by atoms with Gasteiger partial charge in [-0.05, 0) is 24.3 Å². The van der Waals surface area contributed by atoms with Crippen LogP contribution in [0.5, 0.6) is 0 Å². The summed E-state index contributed by atoms with van der Waals surface area (Å²) >= 11 is 5.93. The first-order chi connectivity index (χ1) is 10.6. The van der Waals surface area contributed by atoms with Gasteiger partial charge in [0.2, 0.25) is 0 Å². The number of rotatable bonds is 3. The molecule has 0 unspecified atom stereocenters. The van der Waals surface area contributed by atoms with E-state index in [-0.39, 0.29) is 11.3 Å². The third-order valence-electron chi connectivity index (χ3n) is 3.22. The van der Waals surface area contributed by atoms with E-state index >= 15 is 0 Å². The van der Waals surface area contributed by atoms with Gasteiger partial charge in [-0.3, -0.25) is 0 Å². The van der Waals surface area contributed by atoms with Gasteiger partial charge in [0.15, 0.2) is 5.76 Å². The fraction of sp³-hybridized carbons (Fsp3) is 0.0625. The SMILES string of the molecule is OCc1c(-c2cccc(Cl)c2)noc1-c1ccc(F)cc1F. The molecule has 0 aliphatic rings. The molecule has 1 aromatic heterocycles. The van der Waals surface area contributed by atoms with Crippen molar-refractivity contribution in [3.05, 3.63) is 64.7 Å². The predicted octanol–water partition coefficient (Wildman–Crippen LogP) is 4.43. The van der Waals surface area contributed by atoms with Crippen molar-refractivity contribution >= 4 is 11.6 Å². The lowest BCUT2D eigenvalue weighted by Gasteiger charge is -2.03. The molecule has 6 heteroatoms. The van der Waals surface area contributed by atoms with E-state index in [9.17, 15) is 13.9 Å². The smallest absolute Gasteiger partial charge is 0.175 e. The average molecular weight is 322 g/mol. The van der Waals surface area contributed by atoms with Gasteiger partial charge in [0.25, 0.3) is 0 Å². The van der Waals surface area contributed by atoms with Gasteiger partial charge >= 0.3 is 0 Å². The average Bonchev–Trinajstić information content (AvgIpc) is 2.91. The highest BCUT2D eigenvalue weighted by Crippen LogP contribution is 2.34. The summed E-state index contributed by atoms with van der Waals surface area (Å²) in [5.41, 5.74) is 1.34. The first-order valence-corrected chi connectivity index (χ1v) is 6.78. The Labute approximate surface area is 129 Å². The zero-order valence-electron chi connectivity index (χ0n) is 11.2. The van der Waals surface area contributed by atoms with Gasteiger partial charge in [0, 0.05) is 16.7 Å². The number of aliphatic hydroxyl groups excluding tert-OH is 1. The Morgan fingerprint density at radius 1 is 1.14 bits per heavy atom. The number of hydrogen-bond acceptors (Lipinski definition) is 3. The summed E-state index contributed by atoms with van der Waals surface area (Å²) < 4.78 is 32.1. The van der Waals surface area contributed by atoms with Crippen LogP contribution in [-0.2, 0) is 6.61 Å². The van der Waals surface area contributed by atoms with Crippen LogP contribution < -0.4 is 0 Å². The first kappa shape index (κ1) is 14.7. The maximum Gasteiger partial charge on any atom is 0.175 e. The molecule has 2 aromatic carbocycles. The van der Waals surface area contributed by atoms with E-state index in [0.29, 0.717) is 21.8 Å². The van der Waals surface area contributed by atoms with Crippen molar-refractivity contribution in [2.24, 2.45) is 0 Å². The number of aromatic nitrogens is 1. The van der Waals surface area contributed by atoms with Crippen LogP contribution in [0.15, 0.2) is 47.0 Å². The highest BCUT2D eigenvalue weighted by Gasteiger charge is 2.21. The molecule has 3 aromatic rings. The Morgan fingerprint density at radius 3 is 2.64 bits per heavy atom. The van der Waals surface area contributed by atoms with E-state index in [1.165, 1.54) is 6.07 Å². The van der Waals surface area contributed by atoms with E-state index in [4.69, 9.17) is 16.1 Å². The lowest BCUT2D eigenvalue weighted by molar-refractivity contribution is 0.281. The summed E-state index contributed by atoms with van der Waals surface area (Å²) in [6.45, 7) is -0.405. The Morgan fingerprint density at radius 2 is 1.95 bits per heavy atom. The molecule has 0 atom stereocenters. The van der Waals surface area contributed by atoms with Crippen molar-refractivity contribution in [2.45, 2.75) is 6.61 Å². The molecular weight excluding hydrogens is 312 g/mol. The van der Waals surface area contributed by atoms with Crippen LogP contribution in [0.2, 0.25) is 5.02 Å². The molecule has 0 fully saturated rings. The van der Waals surface area contributed by atoms with Gasteiger partial charge in [0.05, 0.1) is 17.7 Å². The van der Waals surface area contributed by atoms with Crippen molar-refractivity contribution in [1.82, 2.24) is 5.16 Å². The Balaban J connectivity index is 2.15. The quantitative estimate of drug-likeness (QED) is 0.776. The fourth-order valence-corrected chi connectivity index (χ4v) is 2.39.